The van der Waals surface area contributed by atoms with Crippen molar-refractivity contribution >= 4 is 6.03 Å². The van der Waals surface area contributed by atoms with Crippen molar-refractivity contribution in [2.24, 2.45) is 0 Å². The molecule has 0 radical (unpaired) electrons. The number of benzene rings is 1. The van der Waals surface area contributed by atoms with Gasteiger partial charge in [-0.3, -0.25) is 0 Å². The maximum Gasteiger partial charge on any atom is 0.320 e. The molecule has 0 aliphatic carbocycles. The van der Waals surface area contributed by atoms with Crippen LogP contribution in [0.3, 0.4) is 0 Å². The Hall–Kier alpha value is -1.55. The zero-order valence-corrected chi connectivity index (χ0v) is 10.3. The van der Waals surface area contributed by atoms with Gasteiger partial charge in [-0.2, -0.15) is 0 Å². The van der Waals surface area contributed by atoms with Gasteiger partial charge in [0.25, 0.3) is 0 Å². The molecule has 0 saturated carbocycles. The van der Waals surface area contributed by atoms with Gasteiger partial charge in [-0.1, -0.05) is 29.8 Å². The number of aryl methyl sites for hydroxylation is 1. The van der Waals surface area contributed by atoms with Crippen LogP contribution in [0.25, 0.3) is 0 Å². The van der Waals surface area contributed by atoms with Gasteiger partial charge >= 0.3 is 6.03 Å². The molecule has 4 heteroatoms. The van der Waals surface area contributed by atoms with Crippen molar-refractivity contribution in [2.75, 3.05) is 26.7 Å². The van der Waals surface area contributed by atoms with E-state index in [0.717, 1.165) is 5.56 Å². The predicted octanol–water partition coefficient (Wildman–Crippen LogP) is 1.40. The van der Waals surface area contributed by atoms with Gasteiger partial charge in [0.2, 0.25) is 0 Å². The monoisotopic (exact) mass is 234 g/mol. The highest BCUT2D eigenvalue weighted by Crippen LogP contribution is 2.28. The van der Waals surface area contributed by atoms with Gasteiger partial charge in [-0.15, -0.1) is 0 Å². The molecule has 1 saturated heterocycles. The van der Waals surface area contributed by atoms with E-state index in [0.29, 0.717) is 13.1 Å². The summed E-state index contributed by atoms with van der Waals surface area (Å²) >= 11 is 0. The molecule has 92 valence electrons. The van der Waals surface area contributed by atoms with Crippen molar-refractivity contribution in [1.82, 2.24) is 9.80 Å². The normalized spacial score (nSPS) is 20.2. The zero-order valence-electron chi connectivity index (χ0n) is 10.3. The number of rotatable bonds is 3. The van der Waals surface area contributed by atoms with E-state index in [1.807, 2.05) is 32.2 Å². The first kappa shape index (κ1) is 11.9. The molecule has 0 aromatic heterocycles. The Morgan fingerprint density at radius 1 is 1.47 bits per heavy atom. The molecule has 0 bridgehead atoms. The molecule has 1 fully saturated rings. The highest BCUT2D eigenvalue weighted by atomic mass is 16.3. The van der Waals surface area contributed by atoms with E-state index in [-0.39, 0.29) is 18.7 Å². The minimum Gasteiger partial charge on any atom is -0.395 e. The molecular formula is C13H18N2O2. The van der Waals surface area contributed by atoms with Crippen LogP contribution in [0.1, 0.15) is 17.2 Å². The third kappa shape index (κ3) is 2.26. The van der Waals surface area contributed by atoms with Gasteiger partial charge in [0.15, 0.2) is 0 Å². The average Bonchev–Trinajstić information content (AvgIpc) is 2.58. The van der Waals surface area contributed by atoms with Gasteiger partial charge in [0, 0.05) is 20.1 Å². The highest BCUT2D eigenvalue weighted by molar-refractivity contribution is 5.77. The molecule has 1 unspecified atom stereocenters. The van der Waals surface area contributed by atoms with Crippen LogP contribution in [0.5, 0.6) is 0 Å². The fourth-order valence-corrected chi connectivity index (χ4v) is 2.28. The molecule has 1 heterocycles. The number of urea groups is 1. The summed E-state index contributed by atoms with van der Waals surface area (Å²) in [5, 5.41) is 8.92. The lowest BCUT2D eigenvalue weighted by molar-refractivity contribution is 0.182. The van der Waals surface area contributed by atoms with Gasteiger partial charge in [-0.05, 0) is 12.5 Å². The van der Waals surface area contributed by atoms with Crippen molar-refractivity contribution < 1.29 is 9.90 Å². The van der Waals surface area contributed by atoms with E-state index in [9.17, 15) is 4.79 Å². The summed E-state index contributed by atoms with van der Waals surface area (Å²) in [6, 6.07) is 8.30. The Labute approximate surface area is 101 Å². The van der Waals surface area contributed by atoms with Crippen molar-refractivity contribution in [3.05, 3.63) is 35.4 Å². The van der Waals surface area contributed by atoms with Crippen LogP contribution in [0.15, 0.2) is 24.3 Å². The van der Waals surface area contributed by atoms with Gasteiger partial charge in [0.1, 0.15) is 0 Å². The van der Waals surface area contributed by atoms with Crippen LogP contribution < -0.4 is 0 Å². The van der Waals surface area contributed by atoms with E-state index in [2.05, 4.69) is 6.07 Å². The molecule has 1 atom stereocenters. The molecule has 1 aromatic carbocycles. The lowest BCUT2D eigenvalue weighted by Crippen LogP contribution is -2.31. The highest BCUT2D eigenvalue weighted by Gasteiger charge is 2.34. The third-order valence-electron chi connectivity index (χ3n) is 3.23. The van der Waals surface area contributed by atoms with Crippen LogP contribution in [-0.4, -0.2) is 47.7 Å². The maximum atomic E-state index is 11.9. The lowest BCUT2D eigenvalue weighted by atomic mass is 10.0. The van der Waals surface area contributed by atoms with Crippen LogP contribution >= 0.6 is 0 Å². The quantitative estimate of drug-likeness (QED) is 0.859. The van der Waals surface area contributed by atoms with Gasteiger partial charge in [0.05, 0.1) is 12.6 Å². The fraction of sp³-hybridized carbons (Fsp3) is 0.462. The third-order valence-corrected chi connectivity index (χ3v) is 3.23. The van der Waals surface area contributed by atoms with Gasteiger partial charge < -0.3 is 14.9 Å². The van der Waals surface area contributed by atoms with Crippen LogP contribution in [-0.2, 0) is 0 Å². The average molecular weight is 234 g/mol. The molecule has 0 spiro atoms. The maximum absolute atomic E-state index is 11.9. The van der Waals surface area contributed by atoms with Crippen molar-refractivity contribution in [3.63, 3.8) is 0 Å². The number of β-amino-alcohol motifs (C(OH)–C–C–N with tert-alkyl or cyclic N) is 1. The first-order valence-corrected chi connectivity index (χ1v) is 5.82. The summed E-state index contributed by atoms with van der Waals surface area (Å²) in [7, 11) is 1.81. The van der Waals surface area contributed by atoms with Gasteiger partial charge in [-0.25, -0.2) is 4.79 Å². The summed E-state index contributed by atoms with van der Waals surface area (Å²) < 4.78 is 0. The summed E-state index contributed by atoms with van der Waals surface area (Å²) in [5.74, 6) is 0. The molecule has 17 heavy (non-hydrogen) atoms. The van der Waals surface area contributed by atoms with E-state index >= 15 is 0 Å². The SMILES string of the molecule is Cc1cccc(C2CN(CCO)C(=O)N2C)c1. The second-order valence-electron chi connectivity index (χ2n) is 4.49. The number of aliphatic hydroxyl groups is 1. The molecule has 1 N–H and O–H groups in total. The Morgan fingerprint density at radius 3 is 2.88 bits per heavy atom. The summed E-state index contributed by atoms with van der Waals surface area (Å²) in [6.45, 7) is 3.12. The smallest absolute Gasteiger partial charge is 0.320 e. The van der Waals surface area contributed by atoms with Crippen molar-refractivity contribution in [3.8, 4) is 0 Å². The zero-order chi connectivity index (χ0) is 12.4. The van der Waals surface area contributed by atoms with Crippen LogP contribution in [0, 0.1) is 6.92 Å². The van der Waals surface area contributed by atoms with E-state index in [1.165, 1.54) is 5.56 Å². The molecular weight excluding hydrogens is 216 g/mol. The summed E-state index contributed by atoms with van der Waals surface area (Å²) in [6.07, 6.45) is 0. The Kier molecular flexibility index (Phi) is 3.33. The predicted molar refractivity (Wildman–Crippen MR) is 65.7 cm³/mol. The standard InChI is InChI=1S/C13H18N2O2/c1-10-4-3-5-11(8-10)12-9-15(6-7-16)13(17)14(12)2/h3-5,8,12,16H,6-7,9H2,1-2H3. The molecule has 1 aromatic rings. The Balaban J connectivity index is 2.20. The van der Waals surface area contributed by atoms with Crippen molar-refractivity contribution in [2.45, 2.75) is 13.0 Å². The van der Waals surface area contributed by atoms with Crippen molar-refractivity contribution in [1.29, 1.82) is 0 Å². The van der Waals surface area contributed by atoms with E-state index < -0.39 is 0 Å². The fourth-order valence-electron chi connectivity index (χ4n) is 2.28. The summed E-state index contributed by atoms with van der Waals surface area (Å²) in [4.78, 5) is 15.3. The lowest BCUT2D eigenvalue weighted by Gasteiger charge is -2.18. The number of carbonyl (C=O) groups is 1. The number of carbonyl (C=O) groups excluding carboxylic acids is 1. The first-order chi connectivity index (χ1) is 8.13. The minimum absolute atomic E-state index is 0.00874. The second kappa shape index (κ2) is 4.75. The molecule has 2 rings (SSSR count). The minimum atomic E-state index is -0.00874. The number of amides is 2. The number of nitrogens with zero attached hydrogens (tertiary/aromatic N) is 2. The largest absolute Gasteiger partial charge is 0.395 e. The molecule has 1 aliphatic heterocycles. The number of aliphatic hydroxyl groups excluding tert-OH is 1. The molecule has 1 aliphatic rings. The topological polar surface area (TPSA) is 43.8 Å². The Bertz CT molecular complexity index is 420. The van der Waals surface area contributed by atoms with E-state index in [1.54, 1.807) is 9.80 Å². The van der Waals surface area contributed by atoms with Crippen LogP contribution in [0.2, 0.25) is 0 Å². The Morgan fingerprint density at radius 2 is 2.24 bits per heavy atom. The first-order valence-electron chi connectivity index (χ1n) is 5.82. The molecule has 2 amide bonds. The second-order valence-corrected chi connectivity index (χ2v) is 4.49. The molecule has 4 nitrogen and oxygen atoms in total. The number of likely N-dealkylation sites (N-methyl/N-ethyl adjacent to an activating group) is 1. The number of hydrogen-bond donors (Lipinski definition) is 1. The number of hydrogen-bond acceptors (Lipinski definition) is 2. The summed E-state index contributed by atoms with van der Waals surface area (Å²) in [5.41, 5.74) is 2.35. The van der Waals surface area contributed by atoms with E-state index in [4.69, 9.17) is 5.11 Å². The van der Waals surface area contributed by atoms with Crippen LogP contribution in [0.4, 0.5) is 4.79 Å².